The molecule has 3 unspecified atom stereocenters. The molecule has 0 spiro atoms. The molecule has 3 aliphatic rings. The van der Waals surface area contributed by atoms with E-state index in [0.29, 0.717) is 32.2 Å². The van der Waals surface area contributed by atoms with Gasteiger partial charge in [-0.1, -0.05) is 38.1 Å². The van der Waals surface area contributed by atoms with Crippen LogP contribution in [0.4, 0.5) is 0 Å². The van der Waals surface area contributed by atoms with Gasteiger partial charge in [-0.3, -0.25) is 4.79 Å². The second kappa shape index (κ2) is 10.5. The molecule has 3 aliphatic carbocycles. The predicted octanol–water partition coefficient (Wildman–Crippen LogP) is 7.03. The molecule has 0 radical (unpaired) electrons. The van der Waals surface area contributed by atoms with E-state index in [1.807, 2.05) is 6.92 Å². The lowest BCUT2D eigenvalue weighted by Crippen LogP contribution is -2.16. The third-order valence-corrected chi connectivity index (χ3v) is 9.72. The van der Waals surface area contributed by atoms with Gasteiger partial charge in [-0.2, -0.15) is 0 Å². The van der Waals surface area contributed by atoms with Crippen LogP contribution in [0.2, 0.25) is 0 Å². The van der Waals surface area contributed by atoms with Crippen LogP contribution in [0.15, 0.2) is 48.5 Å². The SMILES string of the molecule is CCOC(=O)C1C2Cc3cc(OCc4cccc(-c5c(C)cc(OCCC6(O)CC6)cc5C)c4)c(CC)cc3C21C. The molecule has 0 bridgehead atoms. The number of fused-ring (bicyclic) bond motifs is 3. The Morgan fingerprint density at radius 1 is 1.02 bits per heavy atom. The first kappa shape index (κ1) is 27.8. The van der Waals surface area contributed by atoms with Crippen molar-refractivity contribution in [1.29, 1.82) is 0 Å². The Bertz CT molecular complexity index is 1460. The summed E-state index contributed by atoms with van der Waals surface area (Å²) in [5, 5.41) is 10.1. The fourth-order valence-electron chi connectivity index (χ4n) is 7.12. The minimum Gasteiger partial charge on any atom is -0.493 e. The normalized spacial score (nSPS) is 23.0. The lowest BCUT2D eigenvalue weighted by molar-refractivity contribution is -0.145. The van der Waals surface area contributed by atoms with Crippen molar-refractivity contribution in [2.75, 3.05) is 13.2 Å². The highest BCUT2D eigenvalue weighted by atomic mass is 16.5. The molecular weight excluding hydrogens is 512 g/mol. The van der Waals surface area contributed by atoms with Crippen molar-refractivity contribution in [3.05, 3.63) is 81.9 Å². The van der Waals surface area contributed by atoms with Crippen molar-refractivity contribution in [2.24, 2.45) is 11.8 Å². The zero-order chi connectivity index (χ0) is 28.9. The fraction of sp³-hybridized carbons (Fsp3) is 0.472. The summed E-state index contributed by atoms with van der Waals surface area (Å²) in [6.07, 6.45) is 4.24. The van der Waals surface area contributed by atoms with Crippen LogP contribution in [0.1, 0.15) is 73.4 Å². The summed E-state index contributed by atoms with van der Waals surface area (Å²) < 4.78 is 17.8. The van der Waals surface area contributed by atoms with Crippen molar-refractivity contribution in [3.8, 4) is 22.6 Å². The number of hydrogen-bond acceptors (Lipinski definition) is 5. The lowest BCUT2D eigenvalue weighted by atomic mass is 9.91. The van der Waals surface area contributed by atoms with Crippen molar-refractivity contribution in [1.82, 2.24) is 0 Å². The summed E-state index contributed by atoms with van der Waals surface area (Å²) in [7, 11) is 0. The number of esters is 1. The van der Waals surface area contributed by atoms with Gasteiger partial charge in [0, 0.05) is 11.8 Å². The average Bonchev–Trinajstić information content (AvgIpc) is 3.79. The van der Waals surface area contributed by atoms with Crippen LogP contribution in [0.25, 0.3) is 11.1 Å². The summed E-state index contributed by atoms with van der Waals surface area (Å²) in [5.74, 6) is 2.07. The van der Waals surface area contributed by atoms with Gasteiger partial charge >= 0.3 is 5.97 Å². The van der Waals surface area contributed by atoms with E-state index < -0.39 is 5.60 Å². The largest absolute Gasteiger partial charge is 0.493 e. The van der Waals surface area contributed by atoms with Gasteiger partial charge in [0.1, 0.15) is 18.1 Å². The first-order chi connectivity index (χ1) is 19.7. The number of ether oxygens (including phenoxy) is 3. The van der Waals surface area contributed by atoms with E-state index in [1.54, 1.807) is 0 Å². The molecule has 0 saturated heterocycles. The molecule has 0 aromatic heterocycles. The molecule has 216 valence electrons. The third-order valence-electron chi connectivity index (χ3n) is 9.72. The molecule has 2 saturated carbocycles. The van der Waals surface area contributed by atoms with Crippen LogP contribution in [0.3, 0.4) is 0 Å². The van der Waals surface area contributed by atoms with Gasteiger partial charge in [0.25, 0.3) is 0 Å². The molecule has 0 amide bonds. The van der Waals surface area contributed by atoms with Gasteiger partial charge in [0.05, 0.1) is 24.7 Å². The van der Waals surface area contributed by atoms with Gasteiger partial charge in [-0.25, -0.2) is 0 Å². The van der Waals surface area contributed by atoms with E-state index in [4.69, 9.17) is 14.2 Å². The first-order valence-electron chi connectivity index (χ1n) is 15.2. The fourth-order valence-corrected chi connectivity index (χ4v) is 7.12. The summed E-state index contributed by atoms with van der Waals surface area (Å²) in [6, 6.07) is 17.3. The van der Waals surface area contributed by atoms with Gasteiger partial charge in [-0.05, 0) is 121 Å². The van der Waals surface area contributed by atoms with Crippen LogP contribution in [0, 0.1) is 25.7 Å². The number of hydrogen-bond donors (Lipinski definition) is 1. The summed E-state index contributed by atoms with van der Waals surface area (Å²) in [4.78, 5) is 12.5. The Balaban J connectivity index is 1.16. The Hall–Kier alpha value is -3.31. The van der Waals surface area contributed by atoms with Gasteiger partial charge < -0.3 is 19.3 Å². The Morgan fingerprint density at radius 2 is 1.78 bits per heavy atom. The molecule has 6 rings (SSSR count). The topological polar surface area (TPSA) is 65.0 Å². The monoisotopic (exact) mass is 554 g/mol. The standard InChI is InChI=1S/C36H42O5/c1-6-25-18-29-27(19-30-33(35(29,30)5)34(37)39-7-2)20-31(25)41-21-24-9-8-10-26(17-24)32-22(3)15-28(16-23(32)4)40-14-13-36(38)11-12-36/h8-10,15-18,20,30,33,38H,6-7,11-14,19,21H2,1-5H3. The highest BCUT2D eigenvalue weighted by molar-refractivity contribution is 5.82. The Morgan fingerprint density at radius 3 is 2.46 bits per heavy atom. The maximum absolute atomic E-state index is 12.5. The van der Waals surface area contributed by atoms with E-state index in [0.717, 1.165) is 42.7 Å². The van der Waals surface area contributed by atoms with Gasteiger partial charge in [0.15, 0.2) is 0 Å². The van der Waals surface area contributed by atoms with Crippen LogP contribution >= 0.6 is 0 Å². The molecular formula is C36H42O5. The second-order valence-corrected chi connectivity index (χ2v) is 12.5. The van der Waals surface area contributed by atoms with E-state index in [2.05, 4.69) is 76.2 Å². The van der Waals surface area contributed by atoms with E-state index in [9.17, 15) is 9.90 Å². The molecule has 5 heteroatoms. The van der Waals surface area contributed by atoms with Crippen molar-refractivity contribution >= 4 is 5.97 Å². The molecule has 3 aromatic rings. The van der Waals surface area contributed by atoms with Crippen molar-refractivity contribution < 1.29 is 24.1 Å². The maximum atomic E-state index is 12.5. The van der Waals surface area contributed by atoms with Gasteiger partial charge in [0.2, 0.25) is 0 Å². The molecule has 3 aromatic carbocycles. The molecule has 0 heterocycles. The quantitative estimate of drug-likeness (QED) is 0.258. The number of aryl methyl sites for hydroxylation is 3. The zero-order valence-corrected chi connectivity index (χ0v) is 25.0. The molecule has 2 fully saturated rings. The number of aliphatic hydroxyl groups is 1. The number of carbonyl (C=O) groups excluding carboxylic acids is 1. The summed E-state index contributed by atoms with van der Waals surface area (Å²) >= 11 is 0. The third kappa shape index (κ3) is 5.14. The molecule has 41 heavy (non-hydrogen) atoms. The minimum absolute atomic E-state index is 0.0166. The molecule has 3 atom stereocenters. The zero-order valence-electron chi connectivity index (χ0n) is 25.0. The summed E-state index contributed by atoms with van der Waals surface area (Å²) in [6.45, 7) is 12.0. The van der Waals surface area contributed by atoms with E-state index in [-0.39, 0.29) is 17.3 Å². The number of benzene rings is 3. The average molecular weight is 555 g/mol. The second-order valence-electron chi connectivity index (χ2n) is 12.5. The van der Waals surface area contributed by atoms with Crippen LogP contribution < -0.4 is 9.47 Å². The highest BCUT2D eigenvalue weighted by Gasteiger charge is 2.69. The first-order valence-corrected chi connectivity index (χ1v) is 15.2. The summed E-state index contributed by atoms with van der Waals surface area (Å²) in [5.41, 5.74) is 9.05. The molecule has 5 nitrogen and oxygen atoms in total. The molecule has 1 N–H and O–H groups in total. The van der Waals surface area contributed by atoms with Gasteiger partial charge in [-0.15, -0.1) is 0 Å². The van der Waals surface area contributed by atoms with Crippen molar-refractivity contribution in [3.63, 3.8) is 0 Å². The van der Waals surface area contributed by atoms with Crippen LogP contribution in [-0.2, 0) is 34.4 Å². The molecule has 0 aliphatic heterocycles. The lowest BCUT2D eigenvalue weighted by Gasteiger charge is -2.19. The van der Waals surface area contributed by atoms with Crippen molar-refractivity contribution in [2.45, 2.75) is 84.3 Å². The Kier molecular flexibility index (Phi) is 7.14. The Labute approximate surface area is 243 Å². The van der Waals surface area contributed by atoms with Crippen LogP contribution in [0.5, 0.6) is 11.5 Å². The van der Waals surface area contributed by atoms with E-state index >= 15 is 0 Å². The smallest absolute Gasteiger partial charge is 0.310 e. The highest BCUT2D eigenvalue weighted by Crippen LogP contribution is 2.67. The number of rotatable bonds is 11. The maximum Gasteiger partial charge on any atom is 0.310 e. The minimum atomic E-state index is -0.490. The van der Waals surface area contributed by atoms with E-state index in [1.165, 1.54) is 38.9 Å². The van der Waals surface area contributed by atoms with Crippen LogP contribution in [-0.4, -0.2) is 29.9 Å². The predicted molar refractivity (Wildman–Crippen MR) is 160 cm³/mol. The number of carbonyl (C=O) groups is 1.